The fourth-order valence-electron chi connectivity index (χ4n) is 3.54. The molecule has 1 atom stereocenters. The second kappa shape index (κ2) is 5.83. The number of carbonyl (C=O) groups excluding carboxylic acids is 3. The second-order valence-corrected chi connectivity index (χ2v) is 6.32. The Hall–Kier alpha value is -2.54. The van der Waals surface area contributed by atoms with E-state index in [2.05, 4.69) is 21.4 Å². The molecule has 3 amide bonds. The summed E-state index contributed by atoms with van der Waals surface area (Å²) in [6.45, 7) is 3.07. The minimum Gasteiger partial charge on any atom is -0.322 e. The highest BCUT2D eigenvalue weighted by atomic mass is 16.2. The van der Waals surface area contributed by atoms with Crippen molar-refractivity contribution in [1.29, 1.82) is 0 Å². The van der Waals surface area contributed by atoms with Gasteiger partial charge in [0.2, 0.25) is 17.5 Å². The largest absolute Gasteiger partial charge is 0.322 e. The van der Waals surface area contributed by atoms with Gasteiger partial charge in [-0.05, 0) is 18.1 Å². The smallest absolute Gasteiger partial charge is 0.255 e. The molecular weight excluding hydrogens is 308 g/mol. The van der Waals surface area contributed by atoms with Gasteiger partial charge in [0.05, 0.1) is 13.1 Å². The van der Waals surface area contributed by atoms with E-state index in [0.29, 0.717) is 18.5 Å². The van der Waals surface area contributed by atoms with Gasteiger partial charge in [0, 0.05) is 30.7 Å². The molecule has 1 saturated heterocycles. The van der Waals surface area contributed by atoms with E-state index < -0.39 is 6.04 Å². The average molecular weight is 327 g/mol. The van der Waals surface area contributed by atoms with Crippen molar-refractivity contribution in [3.63, 3.8) is 0 Å². The molecule has 0 radical (unpaired) electrons. The molecule has 3 aliphatic heterocycles. The molecule has 1 aromatic rings. The van der Waals surface area contributed by atoms with Gasteiger partial charge < -0.3 is 10.2 Å². The minimum absolute atomic E-state index is 0.129. The number of nitrogens with zero attached hydrogens (tertiary/aromatic N) is 2. The summed E-state index contributed by atoms with van der Waals surface area (Å²) in [5, 5.41) is 5.60. The molecule has 0 saturated carbocycles. The third kappa shape index (κ3) is 2.50. The lowest BCUT2D eigenvalue weighted by molar-refractivity contribution is -0.438. The number of amides is 3. The summed E-state index contributed by atoms with van der Waals surface area (Å²) in [4.78, 5) is 37.6. The predicted molar refractivity (Wildman–Crippen MR) is 86.2 cm³/mol. The first-order valence-corrected chi connectivity index (χ1v) is 8.22. The van der Waals surface area contributed by atoms with Crippen molar-refractivity contribution in [3.8, 4) is 0 Å². The van der Waals surface area contributed by atoms with Gasteiger partial charge in [-0.1, -0.05) is 0 Å². The van der Waals surface area contributed by atoms with Crippen molar-refractivity contribution < 1.29 is 19.0 Å². The number of benzene rings is 1. The van der Waals surface area contributed by atoms with Crippen LogP contribution < -0.4 is 10.6 Å². The lowest BCUT2D eigenvalue weighted by atomic mass is 10.0. The van der Waals surface area contributed by atoms with E-state index in [0.717, 1.165) is 30.9 Å². The lowest BCUT2D eigenvalue weighted by Crippen LogP contribution is -2.52. The number of hydrogen-bond donors (Lipinski definition) is 2. The molecule has 124 valence electrons. The molecule has 7 nitrogen and oxygen atoms in total. The van der Waals surface area contributed by atoms with E-state index in [1.807, 2.05) is 18.2 Å². The summed E-state index contributed by atoms with van der Waals surface area (Å²) in [6.07, 6.45) is 2.76. The highest BCUT2D eigenvalue weighted by molar-refractivity contribution is 6.05. The third-order valence-corrected chi connectivity index (χ3v) is 4.82. The summed E-state index contributed by atoms with van der Waals surface area (Å²) in [5.74, 6) is -0.768. The van der Waals surface area contributed by atoms with Crippen LogP contribution in [0, 0.1) is 0 Å². The molecule has 0 bridgehead atoms. The number of nitrogens with one attached hydrogen (secondary N) is 2. The molecule has 7 heteroatoms. The number of fused-ring (bicyclic) bond motifs is 1. The van der Waals surface area contributed by atoms with E-state index >= 15 is 0 Å². The first kappa shape index (κ1) is 15.0. The van der Waals surface area contributed by atoms with Gasteiger partial charge in [-0.15, -0.1) is 0 Å². The summed E-state index contributed by atoms with van der Waals surface area (Å²) >= 11 is 0. The molecule has 3 aliphatic rings. The Kier molecular flexibility index (Phi) is 3.65. The van der Waals surface area contributed by atoms with Crippen molar-refractivity contribution in [2.45, 2.75) is 25.4 Å². The van der Waals surface area contributed by atoms with Crippen molar-refractivity contribution in [2.75, 3.05) is 19.6 Å². The van der Waals surface area contributed by atoms with Gasteiger partial charge in [0.15, 0.2) is 12.8 Å². The van der Waals surface area contributed by atoms with Crippen molar-refractivity contribution in [2.24, 2.45) is 0 Å². The fraction of sp³-hybridized carbons (Fsp3) is 0.412. The lowest BCUT2D eigenvalue weighted by Gasteiger charge is -2.29. The highest BCUT2D eigenvalue weighted by Crippen LogP contribution is 2.30. The number of hydrogen-bond acceptors (Lipinski definition) is 4. The van der Waals surface area contributed by atoms with E-state index in [-0.39, 0.29) is 24.1 Å². The molecule has 1 fully saturated rings. The van der Waals surface area contributed by atoms with Crippen molar-refractivity contribution >= 4 is 29.6 Å². The fourth-order valence-corrected chi connectivity index (χ4v) is 3.54. The van der Waals surface area contributed by atoms with E-state index in [9.17, 15) is 14.4 Å². The van der Waals surface area contributed by atoms with Crippen LogP contribution in [0.25, 0.3) is 0 Å². The molecule has 0 spiro atoms. The van der Waals surface area contributed by atoms with E-state index in [4.69, 9.17) is 0 Å². The Morgan fingerprint density at radius 2 is 2.08 bits per heavy atom. The molecule has 1 unspecified atom stereocenters. The summed E-state index contributed by atoms with van der Waals surface area (Å²) in [7, 11) is 0. The van der Waals surface area contributed by atoms with Crippen LogP contribution in [0.2, 0.25) is 0 Å². The van der Waals surface area contributed by atoms with Gasteiger partial charge >= 0.3 is 0 Å². The van der Waals surface area contributed by atoms with E-state index in [1.165, 1.54) is 0 Å². The van der Waals surface area contributed by atoms with Crippen LogP contribution >= 0.6 is 0 Å². The Bertz CT molecular complexity index is 771. The maximum atomic E-state index is 12.6. The molecule has 2 N–H and O–H groups in total. The first-order valence-electron chi connectivity index (χ1n) is 8.22. The SMILES string of the molecule is O=C1CCC(N2Cc3cc([N+]4=CCNCC4)ccc3C2=O)C(=O)N1. The zero-order valence-electron chi connectivity index (χ0n) is 13.2. The molecule has 24 heavy (non-hydrogen) atoms. The molecular formula is C17H19N4O3+. The normalized spacial score (nSPS) is 23.8. The van der Waals surface area contributed by atoms with Crippen molar-refractivity contribution in [1.82, 2.24) is 15.5 Å². The van der Waals surface area contributed by atoms with Crippen LogP contribution in [-0.4, -0.2) is 59.1 Å². The van der Waals surface area contributed by atoms with Crippen molar-refractivity contribution in [3.05, 3.63) is 29.3 Å². The van der Waals surface area contributed by atoms with Crippen LogP contribution in [0.1, 0.15) is 28.8 Å². The van der Waals surface area contributed by atoms with Gasteiger partial charge in [0.25, 0.3) is 5.91 Å². The zero-order valence-corrected chi connectivity index (χ0v) is 13.2. The monoisotopic (exact) mass is 327 g/mol. The Balaban J connectivity index is 1.59. The maximum absolute atomic E-state index is 12.6. The third-order valence-electron chi connectivity index (χ3n) is 4.82. The minimum atomic E-state index is -0.559. The maximum Gasteiger partial charge on any atom is 0.255 e. The van der Waals surface area contributed by atoms with Crippen LogP contribution in [0.3, 0.4) is 0 Å². The molecule has 1 aromatic carbocycles. The second-order valence-electron chi connectivity index (χ2n) is 6.32. The van der Waals surface area contributed by atoms with Crippen LogP contribution in [0.15, 0.2) is 18.2 Å². The molecule has 3 heterocycles. The quantitative estimate of drug-likeness (QED) is 0.581. The standard InChI is InChI=1S/C17H18N4O3/c22-15-4-3-14(16(23)19-15)21-10-11-9-12(1-2-13(11)17(21)24)20-7-5-18-6-8-20/h1-2,7,9,14,18H,3-6,8,10H2/p+1. The molecule has 0 aliphatic carbocycles. The van der Waals surface area contributed by atoms with Crippen LogP contribution in [-0.2, 0) is 16.1 Å². The zero-order chi connectivity index (χ0) is 16.7. The van der Waals surface area contributed by atoms with Crippen LogP contribution in [0.5, 0.6) is 0 Å². The molecule has 0 aromatic heterocycles. The Labute approximate surface area is 139 Å². The van der Waals surface area contributed by atoms with Gasteiger partial charge in [-0.3, -0.25) is 19.7 Å². The topological polar surface area (TPSA) is 81.5 Å². The number of rotatable bonds is 2. The summed E-state index contributed by atoms with van der Waals surface area (Å²) in [5.41, 5.74) is 2.65. The molecule has 4 rings (SSSR count). The summed E-state index contributed by atoms with van der Waals surface area (Å²) < 4.78 is 2.18. The average Bonchev–Trinajstić information content (AvgIpc) is 2.92. The van der Waals surface area contributed by atoms with E-state index in [1.54, 1.807) is 4.90 Å². The van der Waals surface area contributed by atoms with Gasteiger partial charge in [-0.25, -0.2) is 4.58 Å². The first-order chi connectivity index (χ1) is 11.6. The Morgan fingerprint density at radius 3 is 2.83 bits per heavy atom. The van der Waals surface area contributed by atoms with Gasteiger partial charge in [-0.2, -0.15) is 0 Å². The number of imide groups is 1. The summed E-state index contributed by atoms with van der Waals surface area (Å²) in [6, 6.07) is 5.26. The Morgan fingerprint density at radius 1 is 1.21 bits per heavy atom. The van der Waals surface area contributed by atoms with Gasteiger partial charge in [0.1, 0.15) is 6.04 Å². The van der Waals surface area contributed by atoms with Crippen LogP contribution in [0.4, 0.5) is 5.69 Å². The number of carbonyl (C=O) groups is 3. The number of piperidine rings is 1. The predicted octanol–water partition coefficient (Wildman–Crippen LogP) is -0.234. The highest BCUT2D eigenvalue weighted by Gasteiger charge is 2.39.